The van der Waals surface area contributed by atoms with E-state index in [0.717, 1.165) is 50.7 Å². The molecular weight excluding hydrogens is 322 g/mol. The molecule has 3 aliphatic rings. The summed E-state index contributed by atoms with van der Waals surface area (Å²) in [6.07, 6.45) is 9.42. The lowest BCUT2D eigenvalue weighted by Crippen LogP contribution is -2.39. The molecule has 0 radical (unpaired) electrons. The van der Waals surface area contributed by atoms with Crippen molar-refractivity contribution in [3.05, 3.63) is 35.4 Å². The van der Waals surface area contributed by atoms with Gasteiger partial charge in [0.15, 0.2) is 0 Å². The zero-order valence-electron chi connectivity index (χ0n) is 15.6. The molecule has 1 aromatic rings. The lowest BCUT2D eigenvalue weighted by Gasteiger charge is -2.35. The number of fused-ring (bicyclic) bond motifs is 1. The summed E-state index contributed by atoms with van der Waals surface area (Å²) in [6.45, 7) is 4.49. The molecule has 1 aromatic carbocycles. The van der Waals surface area contributed by atoms with Crippen molar-refractivity contribution in [2.75, 3.05) is 26.2 Å². The van der Waals surface area contributed by atoms with E-state index in [1.807, 2.05) is 12.1 Å². The summed E-state index contributed by atoms with van der Waals surface area (Å²) in [7, 11) is 0. The lowest BCUT2D eigenvalue weighted by atomic mass is 9.80. The fraction of sp³-hybridized carbons (Fsp3) is 0.636. The normalized spacial score (nSPS) is 30.4. The zero-order chi connectivity index (χ0) is 18.0. The van der Waals surface area contributed by atoms with E-state index in [9.17, 15) is 4.79 Å². The summed E-state index contributed by atoms with van der Waals surface area (Å²) in [4.78, 5) is 16.3. The van der Waals surface area contributed by atoms with E-state index in [1.165, 1.54) is 37.9 Å². The van der Waals surface area contributed by atoms with Crippen LogP contribution in [0.5, 0.6) is 0 Å². The van der Waals surface area contributed by atoms with E-state index in [4.69, 9.17) is 5.26 Å². The smallest absolute Gasteiger partial charge is 0.209 e. The molecule has 0 N–H and O–H groups in total. The van der Waals surface area contributed by atoms with Gasteiger partial charge in [-0.05, 0) is 93.6 Å². The highest BCUT2D eigenvalue weighted by Gasteiger charge is 2.58. The first-order valence-electron chi connectivity index (χ1n) is 10.2. The van der Waals surface area contributed by atoms with E-state index in [0.29, 0.717) is 12.0 Å². The Hall–Kier alpha value is -1.86. The van der Waals surface area contributed by atoms with Crippen LogP contribution in [0, 0.1) is 17.2 Å². The Bertz CT molecular complexity index is 691. The van der Waals surface area contributed by atoms with Crippen LogP contribution in [0.3, 0.4) is 0 Å². The van der Waals surface area contributed by atoms with Gasteiger partial charge in [0.1, 0.15) is 0 Å². The van der Waals surface area contributed by atoms with E-state index in [-0.39, 0.29) is 5.41 Å². The van der Waals surface area contributed by atoms with Gasteiger partial charge in [0.25, 0.3) is 0 Å². The molecule has 1 saturated heterocycles. The van der Waals surface area contributed by atoms with Crippen molar-refractivity contribution in [1.82, 2.24) is 9.80 Å². The number of amides is 1. The average molecular weight is 351 g/mol. The topological polar surface area (TPSA) is 47.3 Å². The second-order valence-electron chi connectivity index (χ2n) is 8.42. The van der Waals surface area contributed by atoms with E-state index in [2.05, 4.69) is 28.0 Å². The van der Waals surface area contributed by atoms with Gasteiger partial charge in [0, 0.05) is 12.6 Å². The predicted molar refractivity (Wildman–Crippen MR) is 102 cm³/mol. The van der Waals surface area contributed by atoms with Gasteiger partial charge in [-0.1, -0.05) is 12.1 Å². The number of rotatable bonds is 7. The Balaban J connectivity index is 1.32. The third-order valence-electron chi connectivity index (χ3n) is 6.97. The molecule has 4 heteroatoms. The Morgan fingerprint density at radius 3 is 2.92 bits per heavy atom. The van der Waals surface area contributed by atoms with Gasteiger partial charge in [-0.2, -0.15) is 5.26 Å². The van der Waals surface area contributed by atoms with Crippen LogP contribution < -0.4 is 0 Å². The van der Waals surface area contributed by atoms with Gasteiger partial charge >= 0.3 is 0 Å². The highest BCUT2D eigenvalue weighted by molar-refractivity contribution is 5.48. The third-order valence-corrected chi connectivity index (χ3v) is 6.97. The van der Waals surface area contributed by atoms with Crippen LogP contribution in [-0.4, -0.2) is 48.4 Å². The quantitative estimate of drug-likeness (QED) is 0.708. The molecule has 3 atom stereocenters. The number of nitriles is 1. The SMILES string of the molecule is N#Cc1cccc(C23CCC(N(C=O)CCCN4CCCC4)CC2C3)c1. The molecule has 1 amide bonds. The van der Waals surface area contributed by atoms with E-state index >= 15 is 0 Å². The van der Waals surface area contributed by atoms with Crippen LogP contribution in [0.15, 0.2) is 24.3 Å². The summed E-state index contributed by atoms with van der Waals surface area (Å²) in [5.74, 6) is 0.677. The minimum absolute atomic E-state index is 0.285. The molecule has 1 heterocycles. The van der Waals surface area contributed by atoms with Gasteiger partial charge in [-0.15, -0.1) is 0 Å². The molecule has 2 aliphatic carbocycles. The number of carbonyl (C=O) groups excluding carboxylic acids is 1. The Labute approximate surface area is 156 Å². The van der Waals surface area contributed by atoms with Crippen molar-refractivity contribution < 1.29 is 4.79 Å². The first-order valence-corrected chi connectivity index (χ1v) is 10.2. The largest absolute Gasteiger partial charge is 0.342 e. The lowest BCUT2D eigenvalue weighted by molar-refractivity contribution is -0.121. The molecule has 1 aliphatic heterocycles. The molecule has 0 spiro atoms. The second-order valence-corrected chi connectivity index (χ2v) is 8.42. The van der Waals surface area contributed by atoms with Crippen molar-refractivity contribution in [1.29, 1.82) is 5.26 Å². The highest BCUT2D eigenvalue weighted by Crippen LogP contribution is 2.62. The molecule has 4 nitrogen and oxygen atoms in total. The molecule has 0 bridgehead atoms. The van der Waals surface area contributed by atoms with Gasteiger partial charge in [-0.25, -0.2) is 0 Å². The van der Waals surface area contributed by atoms with Crippen LogP contribution in [-0.2, 0) is 10.2 Å². The zero-order valence-corrected chi connectivity index (χ0v) is 15.6. The van der Waals surface area contributed by atoms with Crippen molar-refractivity contribution >= 4 is 6.41 Å². The summed E-state index contributed by atoms with van der Waals surface area (Å²) < 4.78 is 0. The number of likely N-dealkylation sites (tertiary alicyclic amines) is 1. The Morgan fingerprint density at radius 2 is 2.19 bits per heavy atom. The predicted octanol–water partition coefficient (Wildman–Crippen LogP) is 3.31. The van der Waals surface area contributed by atoms with Crippen molar-refractivity contribution in [2.24, 2.45) is 5.92 Å². The van der Waals surface area contributed by atoms with E-state index in [1.54, 1.807) is 0 Å². The minimum Gasteiger partial charge on any atom is -0.342 e. The number of carbonyl (C=O) groups is 1. The van der Waals surface area contributed by atoms with Crippen LogP contribution in [0.1, 0.15) is 56.1 Å². The second kappa shape index (κ2) is 7.40. The number of nitrogens with zero attached hydrogens (tertiary/aromatic N) is 3. The van der Waals surface area contributed by atoms with Crippen molar-refractivity contribution in [2.45, 2.75) is 56.4 Å². The fourth-order valence-electron chi connectivity index (χ4n) is 5.37. The molecule has 138 valence electrons. The molecule has 3 unspecified atom stereocenters. The Kier molecular flexibility index (Phi) is 5.00. The van der Waals surface area contributed by atoms with Crippen molar-refractivity contribution in [3.8, 4) is 6.07 Å². The molecule has 0 aromatic heterocycles. The maximum atomic E-state index is 11.7. The fourth-order valence-corrected chi connectivity index (χ4v) is 5.37. The summed E-state index contributed by atoms with van der Waals surface area (Å²) in [5, 5.41) is 9.17. The molecule has 26 heavy (non-hydrogen) atoms. The third kappa shape index (κ3) is 3.38. The number of hydrogen-bond donors (Lipinski definition) is 0. The van der Waals surface area contributed by atoms with Crippen molar-refractivity contribution in [3.63, 3.8) is 0 Å². The number of benzene rings is 1. The monoisotopic (exact) mass is 351 g/mol. The Morgan fingerprint density at radius 1 is 1.35 bits per heavy atom. The highest BCUT2D eigenvalue weighted by atomic mass is 16.1. The van der Waals surface area contributed by atoms with E-state index < -0.39 is 0 Å². The van der Waals surface area contributed by atoms with Crippen LogP contribution in [0.2, 0.25) is 0 Å². The van der Waals surface area contributed by atoms with Crippen LogP contribution >= 0.6 is 0 Å². The van der Waals surface area contributed by atoms with Gasteiger partial charge < -0.3 is 9.80 Å². The minimum atomic E-state index is 0.285. The average Bonchev–Trinajstić information content (AvgIpc) is 3.20. The van der Waals surface area contributed by atoms with Gasteiger partial charge in [0.05, 0.1) is 11.6 Å². The standard InChI is InChI=1S/C22H29N3O/c23-16-18-5-3-6-19(13-18)22-8-7-21(14-20(22)15-22)25(17-26)12-4-11-24-9-1-2-10-24/h3,5-6,13,17,20-21H,1-2,4,7-12,14-15H2. The first kappa shape index (κ1) is 17.5. The maximum absolute atomic E-state index is 11.7. The number of hydrogen-bond acceptors (Lipinski definition) is 3. The van der Waals surface area contributed by atoms with Crippen LogP contribution in [0.25, 0.3) is 0 Å². The first-order chi connectivity index (χ1) is 12.7. The van der Waals surface area contributed by atoms with Gasteiger partial charge in [0.2, 0.25) is 6.41 Å². The summed E-state index contributed by atoms with van der Waals surface area (Å²) in [5.41, 5.74) is 2.39. The molecular formula is C22H29N3O. The van der Waals surface area contributed by atoms with Crippen LogP contribution in [0.4, 0.5) is 0 Å². The van der Waals surface area contributed by atoms with Gasteiger partial charge in [-0.3, -0.25) is 4.79 Å². The summed E-state index contributed by atoms with van der Waals surface area (Å²) >= 11 is 0. The maximum Gasteiger partial charge on any atom is 0.209 e. The molecule has 2 saturated carbocycles. The molecule has 4 rings (SSSR count). The summed E-state index contributed by atoms with van der Waals surface area (Å²) in [6, 6.07) is 10.8. The molecule has 3 fully saturated rings.